The summed E-state index contributed by atoms with van der Waals surface area (Å²) in [6.45, 7) is 3.75. The molecule has 1 aromatic carbocycles. The van der Waals surface area contributed by atoms with Crippen molar-refractivity contribution < 1.29 is 0 Å². The highest BCUT2D eigenvalue weighted by molar-refractivity contribution is 5.83. The van der Waals surface area contributed by atoms with Gasteiger partial charge in [0.2, 0.25) is 5.95 Å². The summed E-state index contributed by atoms with van der Waals surface area (Å²) in [5.74, 6) is 1.31. The Morgan fingerprint density at radius 3 is 2.95 bits per heavy atom. The average Bonchev–Trinajstić information content (AvgIpc) is 2.97. The lowest BCUT2D eigenvalue weighted by Gasteiger charge is -2.06. The number of fused-ring (bicyclic) bond motifs is 1. The van der Waals surface area contributed by atoms with Crippen molar-refractivity contribution >= 4 is 22.7 Å². The average molecular weight is 296 g/mol. The summed E-state index contributed by atoms with van der Waals surface area (Å²) in [6, 6.07) is 8.33. The van der Waals surface area contributed by atoms with Crippen LogP contribution in [-0.2, 0) is 6.42 Å². The van der Waals surface area contributed by atoms with E-state index in [0.29, 0.717) is 5.95 Å². The third-order valence-electron chi connectivity index (χ3n) is 3.47. The maximum atomic E-state index is 4.39. The van der Waals surface area contributed by atoms with Crippen molar-refractivity contribution in [3.8, 4) is 0 Å². The molecule has 0 spiro atoms. The second-order valence-electron chi connectivity index (χ2n) is 5.13. The van der Waals surface area contributed by atoms with Crippen molar-refractivity contribution in [1.82, 2.24) is 20.2 Å². The molecule has 0 bridgehead atoms. The summed E-state index contributed by atoms with van der Waals surface area (Å²) >= 11 is 0. The van der Waals surface area contributed by atoms with Gasteiger partial charge in [0.15, 0.2) is 5.82 Å². The first-order valence-electron chi connectivity index (χ1n) is 7.59. The molecule has 0 aliphatic carbocycles. The number of rotatable bonds is 7. The minimum Gasteiger partial charge on any atom is -0.368 e. The third kappa shape index (κ3) is 3.33. The fourth-order valence-corrected chi connectivity index (χ4v) is 2.36. The molecular weight excluding hydrogens is 276 g/mol. The number of para-hydroxylation sites is 1. The number of nitrogens with zero attached hydrogens (tertiary/aromatic N) is 3. The molecule has 0 fully saturated rings. The van der Waals surface area contributed by atoms with Crippen LogP contribution in [0.25, 0.3) is 10.9 Å². The Balaban J connectivity index is 1.59. The van der Waals surface area contributed by atoms with E-state index < -0.39 is 0 Å². The van der Waals surface area contributed by atoms with Crippen LogP contribution in [0.4, 0.5) is 11.8 Å². The van der Waals surface area contributed by atoms with Crippen LogP contribution in [0.2, 0.25) is 0 Å². The van der Waals surface area contributed by atoms with Crippen LogP contribution in [0.1, 0.15) is 18.9 Å². The Bertz CT molecular complexity index is 736. The van der Waals surface area contributed by atoms with Gasteiger partial charge in [-0.05, 0) is 24.5 Å². The molecule has 3 aromatic rings. The molecule has 0 amide bonds. The molecule has 6 nitrogen and oxygen atoms in total. The lowest BCUT2D eigenvalue weighted by molar-refractivity contribution is 0.904. The maximum Gasteiger partial charge on any atom is 0.244 e. The van der Waals surface area contributed by atoms with Gasteiger partial charge >= 0.3 is 0 Å². The molecule has 6 heteroatoms. The fraction of sp³-hybridized carbons (Fsp3) is 0.312. The third-order valence-corrected chi connectivity index (χ3v) is 3.47. The molecule has 0 saturated heterocycles. The predicted molar refractivity (Wildman–Crippen MR) is 89.1 cm³/mol. The number of hydrogen-bond donors (Lipinski definition) is 3. The molecule has 0 radical (unpaired) electrons. The summed E-state index contributed by atoms with van der Waals surface area (Å²) in [5, 5.41) is 15.6. The number of H-pyrrole nitrogens is 1. The highest BCUT2D eigenvalue weighted by Gasteiger charge is 2.03. The van der Waals surface area contributed by atoms with Gasteiger partial charge in [0, 0.05) is 30.2 Å². The minimum absolute atomic E-state index is 0.568. The van der Waals surface area contributed by atoms with Crippen molar-refractivity contribution in [2.24, 2.45) is 0 Å². The van der Waals surface area contributed by atoms with Gasteiger partial charge in [0.05, 0.1) is 6.20 Å². The smallest absolute Gasteiger partial charge is 0.244 e. The number of nitrogens with one attached hydrogen (secondary N) is 3. The number of anilines is 2. The summed E-state index contributed by atoms with van der Waals surface area (Å²) < 4.78 is 0. The molecule has 114 valence electrons. The van der Waals surface area contributed by atoms with Crippen LogP contribution >= 0.6 is 0 Å². The van der Waals surface area contributed by atoms with E-state index in [0.717, 1.165) is 31.7 Å². The van der Waals surface area contributed by atoms with E-state index in [1.807, 2.05) is 6.07 Å². The van der Waals surface area contributed by atoms with Crippen LogP contribution in [0.15, 0.2) is 36.7 Å². The monoisotopic (exact) mass is 296 g/mol. The molecule has 0 aliphatic heterocycles. The molecule has 22 heavy (non-hydrogen) atoms. The van der Waals surface area contributed by atoms with Gasteiger partial charge in [0.1, 0.15) is 0 Å². The first-order valence-corrected chi connectivity index (χ1v) is 7.59. The van der Waals surface area contributed by atoms with E-state index in [1.54, 1.807) is 6.20 Å². The number of aromatic amines is 1. The summed E-state index contributed by atoms with van der Waals surface area (Å²) in [7, 11) is 0. The van der Waals surface area contributed by atoms with E-state index in [9.17, 15) is 0 Å². The summed E-state index contributed by atoms with van der Waals surface area (Å²) in [6.07, 6.45) is 5.67. The van der Waals surface area contributed by atoms with Crippen LogP contribution in [-0.4, -0.2) is 33.3 Å². The van der Waals surface area contributed by atoms with E-state index in [1.165, 1.54) is 16.5 Å². The Hall–Kier alpha value is -2.63. The molecule has 2 aromatic heterocycles. The summed E-state index contributed by atoms with van der Waals surface area (Å²) in [5.41, 5.74) is 2.47. The number of benzene rings is 1. The number of hydrogen-bond acceptors (Lipinski definition) is 5. The van der Waals surface area contributed by atoms with E-state index in [4.69, 9.17) is 0 Å². The van der Waals surface area contributed by atoms with Crippen molar-refractivity contribution in [1.29, 1.82) is 0 Å². The van der Waals surface area contributed by atoms with Crippen LogP contribution in [0, 0.1) is 0 Å². The van der Waals surface area contributed by atoms with Gasteiger partial charge < -0.3 is 15.6 Å². The first-order chi connectivity index (χ1) is 10.9. The Labute approximate surface area is 129 Å². The molecule has 3 rings (SSSR count). The topological polar surface area (TPSA) is 78.5 Å². The zero-order chi connectivity index (χ0) is 15.2. The highest BCUT2D eigenvalue weighted by atomic mass is 15.3. The van der Waals surface area contributed by atoms with Crippen molar-refractivity contribution in [2.75, 3.05) is 23.7 Å². The van der Waals surface area contributed by atoms with E-state index in [2.05, 4.69) is 62.1 Å². The van der Waals surface area contributed by atoms with Gasteiger partial charge in [-0.1, -0.05) is 25.1 Å². The lowest BCUT2D eigenvalue weighted by Crippen LogP contribution is -2.10. The standard InChI is InChI=1S/C16H20N6/c1-2-8-18-16-21-15(11-20-22-16)17-9-7-12-10-19-14-6-4-3-5-13(12)14/h3-6,10-11,19H,2,7-9H2,1H3,(H2,17,18,21,22). The van der Waals surface area contributed by atoms with Crippen LogP contribution in [0.5, 0.6) is 0 Å². The molecule has 0 atom stereocenters. The van der Waals surface area contributed by atoms with Crippen molar-refractivity contribution in [2.45, 2.75) is 19.8 Å². The lowest BCUT2D eigenvalue weighted by atomic mass is 10.1. The first kappa shape index (κ1) is 14.3. The van der Waals surface area contributed by atoms with Crippen LogP contribution < -0.4 is 10.6 Å². The molecule has 2 heterocycles. The molecule has 3 N–H and O–H groups in total. The van der Waals surface area contributed by atoms with E-state index >= 15 is 0 Å². The fourth-order valence-electron chi connectivity index (χ4n) is 2.36. The highest BCUT2D eigenvalue weighted by Crippen LogP contribution is 2.18. The zero-order valence-electron chi connectivity index (χ0n) is 12.6. The van der Waals surface area contributed by atoms with Gasteiger partial charge in [-0.2, -0.15) is 10.1 Å². The Morgan fingerprint density at radius 1 is 1.14 bits per heavy atom. The van der Waals surface area contributed by atoms with Gasteiger partial charge in [0.25, 0.3) is 0 Å². The second kappa shape index (κ2) is 6.89. The van der Waals surface area contributed by atoms with Gasteiger partial charge in [-0.15, -0.1) is 5.10 Å². The molecule has 0 aliphatic rings. The maximum absolute atomic E-state index is 4.39. The minimum atomic E-state index is 0.568. The van der Waals surface area contributed by atoms with Crippen molar-refractivity contribution in [3.05, 3.63) is 42.2 Å². The SMILES string of the molecule is CCCNc1nncc(NCCc2c[nH]c3ccccc23)n1. The predicted octanol–water partition coefficient (Wildman–Crippen LogP) is 2.83. The Kier molecular flexibility index (Phi) is 4.48. The van der Waals surface area contributed by atoms with E-state index in [-0.39, 0.29) is 0 Å². The molecular formula is C16H20N6. The van der Waals surface area contributed by atoms with Gasteiger partial charge in [-0.25, -0.2) is 0 Å². The second-order valence-corrected chi connectivity index (χ2v) is 5.13. The molecule has 0 saturated carbocycles. The quantitative estimate of drug-likeness (QED) is 0.625. The molecule has 0 unspecified atom stereocenters. The van der Waals surface area contributed by atoms with Gasteiger partial charge in [-0.3, -0.25) is 0 Å². The zero-order valence-corrected chi connectivity index (χ0v) is 12.6. The number of aromatic nitrogens is 4. The summed E-state index contributed by atoms with van der Waals surface area (Å²) in [4.78, 5) is 7.68. The van der Waals surface area contributed by atoms with Crippen molar-refractivity contribution in [3.63, 3.8) is 0 Å². The Morgan fingerprint density at radius 2 is 2.05 bits per heavy atom. The van der Waals surface area contributed by atoms with Crippen LogP contribution in [0.3, 0.4) is 0 Å². The normalized spacial score (nSPS) is 10.8. The largest absolute Gasteiger partial charge is 0.368 e.